The van der Waals surface area contributed by atoms with Gasteiger partial charge in [-0.15, -0.1) is 11.3 Å². The fourth-order valence-electron chi connectivity index (χ4n) is 3.64. The van der Waals surface area contributed by atoms with Crippen LogP contribution in [0.3, 0.4) is 0 Å². The second-order valence-corrected chi connectivity index (χ2v) is 6.56. The molecule has 0 radical (unpaired) electrons. The number of benzene rings is 1. The summed E-state index contributed by atoms with van der Waals surface area (Å²) in [5.74, 6) is 1.09. The first-order valence-corrected chi connectivity index (χ1v) is 7.33. The van der Waals surface area contributed by atoms with E-state index in [1.807, 2.05) is 0 Å². The maximum atomic E-state index is 10.9. The van der Waals surface area contributed by atoms with Crippen LogP contribution in [0.1, 0.15) is 30.6 Å². The fraction of sp³-hybridized carbons (Fsp3) is 0.467. The first-order chi connectivity index (χ1) is 8.30. The predicted molar refractivity (Wildman–Crippen MR) is 71.2 cm³/mol. The highest BCUT2D eigenvalue weighted by atomic mass is 32.1. The summed E-state index contributed by atoms with van der Waals surface area (Å²) < 4.78 is 1.31. The Labute approximate surface area is 105 Å². The summed E-state index contributed by atoms with van der Waals surface area (Å²) in [7, 11) is 0. The number of fused-ring (bicyclic) bond motifs is 2. The highest BCUT2D eigenvalue weighted by Crippen LogP contribution is 2.65. The molecule has 0 spiro atoms. The van der Waals surface area contributed by atoms with E-state index in [-0.39, 0.29) is 0 Å². The van der Waals surface area contributed by atoms with E-state index in [1.165, 1.54) is 40.6 Å². The first-order valence-electron chi connectivity index (χ1n) is 6.51. The summed E-state index contributed by atoms with van der Waals surface area (Å²) in [6.07, 6.45) is 5.04. The van der Waals surface area contributed by atoms with Crippen molar-refractivity contribution < 1.29 is 5.11 Å². The van der Waals surface area contributed by atoms with Gasteiger partial charge in [-0.25, -0.2) is 0 Å². The normalized spacial score (nSPS) is 35.8. The molecule has 17 heavy (non-hydrogen) atoms. The Morgan fingerprint density at radius 1 is 1.12 bits per heavy atom. The molecule has 2 fully saturated rings. The standard InChI is InChI=1S/C15H16OS/c16-15(11-6-2-3-7-12(11)15)14-9-10-5-1-4-8-13(10)17-14/h1,4-5,8-9,11-12,16H,2-3,6-7H2. The van der Waals surface area contributed by atoms with Crippen LogP contribution in [-0.2, 0) is 5.60 Å². The van der Waals surface area contributed by atoms with E-state index in [1.54, 1.807) is 11.3 Å². The van der Waals surface area contributed by atoms with Gasteiger partial charge in [0.1, 0.15) is 5.60 Å². The van der Waals surface area contributed by atoms with Crippen LogP contribution in [0.2, 0.25) is 0 Å². The molecule has 0 bridgehead atoms. The van der Waals surface area contributed by atoms with E-state index < -0.39 is 5.60 Å². The fourth-order valence-corrected chi connectivity index (χ4v) is 4.92. The van der Waals surface area contributed by atoms with Gasteiger partial charge in [-0.2, -0.15) is 0 Å². The van der Waals surface area contributed by atoms with Gasteiger partial charge < -0.3 is 5.11 Å². The Morgan fingerprint density at radius 3 is 2.53 bits per heavy atom. The van der Waals surface area contributed by atoms with Crippen LogP contribution in [0.25, 0.3) is 10.1 Å². The molecule has 2 unspecified atom stereocenters. The number of hydrogen-bond acceptors (Lipinski definition) is 2. The van der Waals surface area contributed by atoms with Crippen molar-refractivity contribution in [2.45, 2.75) is 31.3 Å². The lowest BCUT2D eigenvalue weighted by atomic mass is 10.0. The summed E-state index contributed by atoms with van der Waals surface area (Å²) in [5, 5.41) is 12.2. The molecule has 1 nitrogen and oxygen atoms in total. The van der Waals surface area contributed by atoms with E-state index >= 15 is 0 Å². The Morgan fingerprint density at radius 2 is 1.82 bits per heavy atom. The molecule has 0 aliphatic heterocycles. The Balaban J connectivity index is 1.79. The van der Waals surface area contributed by atoms with E-state index in [2.05, 4.69) is 30.3 Å². The largest absolute Gasteiger partial charge is 0.384 e. The highest BCUT2D eigenvalue weighted by molar-refractivity contribution is 7.19. The third-order valence-corrected chi connectivity index (χ3v) is 5.86. The molecule has 2 aromatic rings. The number of rotatable bonds is 1. The molecular weight excluding hydrogens is 228 g/mol. The molecule has 1 aromatic heterocycles. The highest BCUT2D eigenvalue weighted by Gasteiger charge is 2.65. The van der Waals surface area contributed by atoms with E-state index in [4.69, 9.17) is 0 Å². The molecule has 2 aliphatic rings. The molecule has 2 heteroatoms. The minimum atomic E-state index is -0.472. The zero-order valence-corrected chi connectivity index (χ0v) is 10.5. The molecule has 1 aromatic carbocycles. The molecule has 1 N–H and O–H groups in total. The Hall–Kier alpha value is -0.860. The Bertz CT molecular complexity index is 526. The van der Waals surface area contributed by atoms with Crippen molar-refractivity contribution in [3.63, 3.8) is 0 Å². The molecule has 1 heterocycles. The number of aliphatic hydroxyl groups is 1. The minimum absolute atomic E-state index is 0.472. The van der Waals surface area contributed by atoms with E-state index in [9.17, 15) is 5.11 Å². The summed E-state index contributed by atoms with van der Waals surface area (Å²) in [5.41, 5.74) is -0.472. The van der Waals surface area contributed by atoms with Gasteiger partial charge in [0.25, 0.3) is 0 Å². The van der Waals surface area contributed by atoms with Crippen molar-refractivity contribution >= 4 is 21.4 Å². The van der Waals surface area contributed by atoms with Crippen molar-refractivity contribution in [3.05, 3.63) is 35.2 Å². The number of thiophene rings is 1. The van der Waals surface area contributed by atoms with Gasteiger partial charge in [0, 0.05) is 9.58 Å². The van der Waals surface area contributed by atoms with E-state index in [0.717, 1.165) is 0 Å². The van der Waals surface area contributed by atoms with Gasteiger partial charge in [-0.1, -0.05) is 31.0 Å². The van der Waals surface area contributed by atoms with Crippen LogP contribution in [-0.4, -0.2) is 5.11 Å². The van der Waals surface area contributed by atoms with Crippen molar-refractivity contribution in [1.29, 1.82) is 0 Å². The van der Waals surface area contributed by atoms with Crippen LogP contribution in [0, 0.1) is 11.8 Å². The van der Waals surface area contributed by atoms with Gasteiger partial charge in [0.05, 0.1) is 0 Å². The molecular formula is C15H16OS. The minimum Gasteiger partial charge on any atom is -0.384 e. The van der Waals surface area contributed by atoms with Crippen molar-refractivity contribution in [3.8, 4) is 0 Å². The monoisotopic (exact) mass is 244 g/mol. The van der Waals surface area contributed by atoms with Gasteiger partial charge in [-0.3, -0.25) is 0 Å². The zero-order valence-electron chi connectivity index (χ0n) is 9.73. The topological polar surface area (TPSA) is 20.2 Å². The zero-order chi connectivity index (χ0) is 11.5. The third kappa shape index (κ3) is 1.28. The predicted octanol–water partition coefficient (Wildman–Crippen LogP) is 3.91. The second kappa shape index (κ2) is 3.33. The summed E-state index contributed by atoms with van der Waals surface area (Å²) in [4.78, 5) is 1.20. The molecule has 2 aliphatic carbocycles. The van der Waals surface area contributed by atoms with E-state index in [0.29, 0.717) is 11.8 Å². The van der Waals surface area contributed by atoms with Crippen molar-refractivity contribution in [2.75, 3.05) is 0 Å². The van der Waals surface area contributed by atoms with Gasteiger partial charge in [0.2, 0.25) is 0 Å². The lowest BCUT2D eigenvalue weighted by Gasteiger charge is -2.06. The molecule has 0 amide bonds. The molecule has 88 valence electrons. The quantitative estimate of drug-likeness (QED) is 0.806. The maximum Gasteiger partial charge on any atom is 0.105 e. The summed E-state index contributed by atoms with van der Waals surface area (Å²) in [6.45, 7) is 0. The maximum absolute atomic E-state index is 10.9. The lowest BCUT2D eigenvalue weighted by Crippen LogP contribution is -2.07. The van der Waals surface area contributed by atoms with Crippen LogP contribution >= 0.6 is 11.3 Å². The molecule has 2 atom stereocenters. The first kappa shape index (κ1) is 10.1. The Kier molecular flexibility index (Phi) is 1.98. The number of hydrogen-bond donors (Lipinski definition) is 1. The smallest absolute Gasteiger partial charge is 0.105 e. The van der Waals surface area contributed by atoms with Crippen LogP contribution in [0.5, 0.6) is 0 Å². The summed E-state index contributed by atoms with van der Waals surface area (Å²) >= 11 is 1.78. The van der Waals surface area contributed by atoms with Gasteiger partial charge >= 0.3 is 0 Å². The molecule has 4 rings (SSSR count). The van der Waals surface area contributed by atoms with Crippen molar-refractivity contribution in [2.24, 2.45) is 11.8 Å². The third-order valence-electron chi connectivity index (χ3n) is 4.61. The van der Waals surface area contributed by atoms with Gasteiger partial charge in [0.15, 0.2) is 0 Å². The molecule has 2 saturated carbocycles. The SMILES string of the molecule is OC1(c2cc3ccccc3s2)C2CCCCC21. The van der Waals surface area contributed by atoms with Crippen LogP contribution in [0.15, 0.2) is 30.3 Å². The molecule has 0 saturated heterocycles. The van der Waals surface area contributed by atoms with Gasteiger partial charge in [-0.05, 0) is 42.2 Å². The average molecular weight is 244 g/mol. The summed E-state index contributed by atoms with van der Waals surface area (Å²) in [6, 6.07) is 10.7. The van der Waals surface area contributed by atoms with Crippen LogP contribution in [0.4, 0.5) is 0 Å². The van der Waals surface area contributed by atoms with Crippen LogP contribution < -0.4 is 0 Å². The van der Waals surface area contributed by atoms with Crippen molar-refractivity contribution in [1.82, 2.24) is 0 Å². The second-order valence-electron chi connectivity index (χ2n) is 5.47. The average Bonchev–Trinajstić information content (AvgIpc) is 2.80. The lowest BCUT2D eigenvalue weighted by molar-refractivity contribution is 0.122.